The van der Waals surface area contributed by atoms with Crippen molar-refractivity contribution in [3.63, 3.8) is 0 Å². The highest BCUT2D eigenvalue weighted by molar-refractivity contribution is 7.81. The summed E-state index contributed by atoms with van der Waals surface area (Å²) in [6.07, 6.45) is 0. The van der Waals surface area contributed by atoms with Crippen molar-refractivity contribution in [1.82, 2.24) is 0 Å². The molecule has 0 N–H and O–H groups in total. The number of aryl methyl sites for hydroxylation is 1. The Morgan fingerprint density at radius 1 is 0.941 bits per heavy atom. The Bertz CT molecular complexity index is 511. The first-order valence-electron chi connectivity index (χ1n) is 5.20. The third-order valence-electron chi connectivity index (χ3n) is 2.41. The van der Waals surface area contributed by atoms with Crippen LogP contribution in [0.5, 0.6) is 0 Å². The first-order chi connectivity index (χ1) is 8.18. The van der Waals surface area contributed by atoms with Crippen molar-refractivity contribution in [3.05, 3.63) is 60.2 Å². The van der Waals surface area contributed by atoms with Gasteiger partial charge >= 0.3 is 0 Å². The average Bonchev–Trinajstić information content (AvgIpc) is 2.33. The maximum atomic E-state index is 11.3. The van der Waals surface area contributed by atoms with Gasteiger partial charge in [-0.3, -0.25) is 8.51 Å². The zero-order valence-electron chi connectivity index (χ0n) is 9.37. The van der Waals surface area contributed by atoms with E-state index in [0.717, 1.165) is 5.56 Å². The van der Waals surface area contributed by atoms with E-state index in [1.807, 2.05) is 37.3 Å². The quantitative estimate of drug-likeness (QED) is 0.781. The molecule has 0 heterocycles. The number of hydrogen-bond acceptors (Lipinski definition) is 2. The first-order valence-corrected chi connectivity index (χ1v) is 6.23. The number of rotatable bonds is 3. The van der Waals surface area contributed by atoms with Crippen molar-refractivity contribution < 1.29 is 8.76 Å². The van der Waals surface area contributed by atoms with Crippen LogP contribution in [0.25, 0.3) is 0 Å². The molecule has 2 rings (SSSR count). The Morgan fingerprint density at radius 3 is 2.00 bits per heavy atom. The molecule has 0 amide bonds. The van der Waals surface area contributed by atoms with E-state index in [4.69, 9.17) is 0 Å². The van der Waals surface area contributed by atoms with E-state index in [2.05, 4.69) is 0 Å². The second-order valence-electron chi connectivity index (χ2n) is 3.68. The van der Waals surface area contributed by atoms with E-state index in [1.54, 1.807) is 24.3 Å². The van der Waals surface area contributed by atoms with Gasteiger partial charge < -0.3 is 4.55 Å². The fourth-order valence-electron chi connectivity index (χ4n) is 1.56. The largest absolute Gasteiger partial charge is 0.755 e. The summed E-state index contributed by atoms with van der Waals surface area (Å²) in [6, 6.07) is 16.3. The van der Waals surface area contributed by atoms with Crippen LogP contribution in [0.3, 0.4) is 0 Å². The van der Waals surface area contributed by atoms with E-state index in [0.29, 0.717) is 11.4 Å². The molecule has 0 bridgehead atoms. The maximum Gasteiger partial charge on any atom is 0.0538 e. The monoisotopic (exact) mass is 246 g/mol. The van der Waals surface area contributed by atoms with Crippen molar-refractivity contribution in [1.29, 1.82) is 0 Å². The van der Waals surface area contributed by atoms with Crippen LogP contribution in [0.4, 0.5) is 11.4 Å². The van der Waals surface area contributed by atoms with Gasteiger partial charge in [-0.2, -0.15) is 0 Å². The molecule has 0 aliphatic carbocycles. The normalized spacial score (nSPS) is 12.1. The molecule has 0 spiro atoms. The summed E-state index contributed by atoms with van der Waals surface area (Å²) in [5, 5.41) is 0. The van der Waals surface area contributed by atoms with Crippen LogP contribution in [0, 0.1) is 6.92 Å². The number of para-hydroxylation sites is 1. The van der Waals surface area contributed by atoms with Crippen molar-refractivity contribution in [2.24, 2.45) is 0 Å². The van der Waals surface area contributed by atoms with E-state index in [9.17, 15) is 8.76 Å². The minimum atomic E-state index is -2.33. The third kappa shape index (κ3) is 2.72. The van der Waals surface area contributed by atoms with Crippen LogP contribution in [0.15, 0.2) is 54.6 Å². The Kier molecular flexibility index (Phi) is 3.56. The van der Waals surface area contributed by atoms with E-state index in [-0.39, 0.29) is 0 Å². The van der Waals surface area contributed by atoms with Gasteiger partial charge in [-0.15, -0.1) is 0 Å². The Labute approximate surface area is 103 Å². The average molecular weight is 246 g/mol. The van der Waals surface area contributed by atoms with Gasteiger partial charge in [-0.25, -0.2) is 0 Å². The van der Waals surface area contributed by atoms with E-state index in [1.165, 1.54) is 4.31 Å². The summed E-state index contributed by atoms with van der Waals surface area (Å²) in [5.74, 6) is 0. The summed E-state index contributed by atoms with van der Waals surface area (Å²) in [5.41, 5.74) is 2.36. The zero-order valence-corrected chi connectivity index (χ0v) is 10.2. The molecule has 0 saturated heterocycles. The lowest BCUT2D eigenvalue weighted by atomic mass is 10.2. The van der Waals surface area contributed by atoms with Gasteiger partial charge in [-0.1, -0.05) is 35.9 Å². The fourth-order valence-corrected chi connectivity index (χ4v) is 2.15. The molecule has 0 saturated carbocycles. The molecule has 4 heteroatoms. The molecule has 1 unspecified atom stereocenters. The molecule has 0 fully saturated rings. The topological polar surface area (TPSA) is 43.4 Å². The van der Waals surface area contributed by atoms with Gasteiger partial charge in [0.1, 0.15) is 0 Å². The van der Waals surface area contributed by atoms with Gasteiger partial charge in [0.2, 0.25) is 0 Å². The van der Waals surface area contributed by atoms with E-state index < -0.39 is 11.3 Å². The molecule has 3 nitrogen and oxygen atoms in total. The first kappa shape index (κ1) is 11.8. The van der Waals surface area contributed by atoms with Crippen LogP contribution in [0.1, 0.15) is 5.56 Å². The van der Waals surface area contributed by atoms with Gasteiger partial charge in [0.15, 0.2) is 0 Å². The predicted octanol–water partition coefficient (Wildman–Crippen LogP) is 2.93. The lowest BCUT2D eigenvalue weighted by molar-refractivity contribution is 0.537. The van der Waals surface area contributed by atoms with Crippen LogP contribution in [0.2, 0.25) is 0 Å². The Morgan fingerprint density at radius 2 is 1.47 bits per heavy atom. The SMILES string of the molecule is Cc1ccc(N(c2ccccc2)S(=O)[O-])cc1. The lowest BCUT2D eigenvalue weighted by Crippen LogP contribution is -2.19. The highest BCUT2D eigenvalue weighted by Gasteiger charge is 2.08. The summed E-state index contributed by atoms with van der Waals surface area (Å²) >= 11 is -2.33. The smallest absolute Gasteiger partial charge is 0.0538 e. The predicted molar refractivity (Wildman–Crippen MR) is 68.7 cm³/mol. The molecule has 0 aliphatic heterocycles. The van der Waals surface area contributed by atoms with Crippen molar-refractivity contribution in [3.8, 4) is 0 Å². The van der Waals surface area contributed by atoms with Crippen LogP contribution >= 0.6 is 0 Å². The second kappa shape index (κ2) is 5.12. The standard InChI is InChI=1S/C13H13NO2S/c1-11-7-9-13(10-8-11)14(17(15)16)12-5-3-2-4-6-12/h2-10H,1H3,(H,15,16)/p-1. The highest BCUT2D eigenvalue weighted by atomic mass is 32.2. The molecule has 88 valence electrons. The summed E-state index contributed by atoms with van der Waals surface area (Å²) in [4.78, 5) is 0. The minimum Gasteiger partial charge on any atom is -0.755 e. The van der Waals surface area contributed by atoms with Gasteiger partial charge in [-0.05, 0) is 31.2 Å². The number of nitrogens with zero attached hydrogens (tertiary/aromatic N) is 1. The van der Waals surface area contributed by atoms with Crippen LogP contribution < -0.4 is 4.31 Å². The third-order valence-corrected chi connectivity index (χ3v) is 3.13. The van der Waals surface area contributed by atoms with Crippen molar-refractivity contribution in [2.75, 3.05) is 4.31 Å². The molecule has 0 radical (unpaired) electrons. The Hall–Kier alpha value is -1.65. The molecule has 0 aliphatic rings. The molecule has 0 aromatic heterocycles. The molecular weight excluding hydrogens is 234 g/mol. The van der Waals surface area contributed by atoms with E-state index >= 15 is 0 Å². The minimum absolute atomic E-state index is 0.629. The fraction of sp³-hybridized carbons (Fsp3) is 0.0769. The van der Waals surface area contributed by atoms with Crippen molar-refractivity contribution >= 4 is 22.6 Å². The van der Waals surface area contributed by atoms with Gasteiger partial charge in [0.25, 0.3) is 0 Å². The van der Waals surface area contributed by atoms with Crippen LogP contribution in [-0.2, 0) is 11.3 Å². The van der Waals surface area contributed by atoms with Gasteiger partial charge in [0.05, 0.1) is 22.6 Å². The number of anilines is 2. The highest BCUT2D eigenvalue weighted by Crippen LogP contribution is 2.26. The summed E-state index contributed by atoms with van der Waals surface area (Å²) < 4.78 is 23.9. The second-order valence-corrected chi connectivity index (χ2v) is 4.48. The molecule has 2 aromatic rings. The molecular formula is C13H12NO2S-. The zero-order chi connectivity index (χ0) is 12.3. The Balaban J connectivity index is 2.43. The molecule has 2 aromatic carbocycles. The summed E-state index contributed by atoms with van der Waals surface area (Å²) in [7, 11) is 0. The van der Waals surface area contributed by atoms with Crippen LogP contribution in [-0.4, -0.2) is 8.76 Å². The number of benzene rings is 2. The number of hydrogen-bond donors (Lipinski definition) is 0. The lowest BCUT2D eigenvalue weighted by Gasteiger charge is -2.26. The molecule has 1 atom stereocenters. The summed E-state index contributed by atoms with van der Waals surface area (Å²) in [6.45, 7) is 1.96. The maximum absolute atomic E-state index is 11.3. The van der Waals surface area contributed by atoms with Crippen molar-refractivity contribution in [2.45, 2.75) is 6.92 Å². The van der Waals surface area contributed by atoms with Gasteiger partial charge in [0, 0.05) is 0 Å². The molecule has 17 heavy (non-hydrogen) atoms.